The Hall–Kier alpha value is -2.94. The summed E-state index contributed by atoms with van der Waals surface area (Å²) < 4.78 is 20.7. The van der Waals surface area contributed by atoms with Crippen LogP contribution in [0.4, 0.5) is 4.39 Å². The molecule has 1 amide bonds. The molecule has 3 aromatic rings. The van der Waals surface area contributed by atoms with Gasteiger partial charge < -0.3 is 10.1 Å². The van der Waals surface area contributed by atoms with Gasteiger partial charge in [-0.15, -0.1) is 5.10 Å². The molecule has 1 aromatic carbocycles. The van der Waals surface area contributed by atoms with Gasteiger partial charge in [-0.1, -0.05) is 17.7 Å². The lowest BCUT2D eigenvalue weighted by Gasteiger charge is -2.14. The predicted octanol–water partition coefficient (Wildman–Crippen LogP) is 1.57. The summed E-state index contributed by atoms with van der Waals surface area (Å²) in [6, 6.07) is 5.36. The highest BCUT2D eigenvalue weighted by molar-refractivity contribution is 6.30. The zero-order valence-electron chi connectivity index (χ0n) is 13.9. The lowest BCUT2D eigenvalue weighted by molar-refractivity contribution is -0.122. The number of benzene rings is 1. The van der Waals surface area contributed by atoms with Crippen LogP contribution in [0.5, 0.6) is 5.75 Å². The highest BCUT2D eigenvalue weighted by Gasteiger charge is 2.16. The molecule has 1 atom stereocenters. The maximum absolute atomic E-state index is 13.5. The van der Waals surface area contributed by atoms with E-state index in [0.29, 0.717) is 11.3 Å². The minimum absolute atomic E-state index is 0.00461. The molecule has 26 heavy (non-hydrogen) atoms. The van der Waals surface area contributed by atoms with Crippen LogP contribution in [0.1, 0.15) is 18.5 Å². The first-order valence-corrected chi connectivity index (χ1v) is 8.01. The molecule has 0 spiro atoms. The molecular weight excluding hydrogens is 365 g/mol. The number of aromatic nitrogens is 4. The minimum Gasteiger partial charge on any atom is -0.493 e. The molecule has 136 valence electrons. The van der Waals surface area contributed by atoms with E-state index >= 15 is 0 Å². The first kappa shape index (κ1) is 17.9. The lowest BCUT2D eigenvalue weighted by atomic mass is 10.1. The molecule has 2 aromatic heterocycles. The van der Waals surface area contributed by atoms with E-state index in [4.69, 9.17) is 16.3 Å². The SMILES string of the molecule is COc1ccnn2c(=O)n(CC(=O)N[C@@H](C)c3ccc(Cl)c(F)c3)nc12. The van der Waals surface area contributed by atoms with Gasteiger partial charge >= 0.3 is 5.69 Å². The van der Waals surface area contributed by atoms with E-state index in [1.165, 1.54) is 25.4 Å². The zero-order chi connectivity index (χ0) is 18.8. The number of fused-ring (bicyclic) bond motifs is 1. The molecule has 0 unspecified atom stereocenters. The summed E-state index contributed by atoms with van der Waals surface area (Å²) in [6.45, 7) is 1.38. The van der Waals surface area contributed by atoms with Gasteiger partial charge in [-0.25, -0.2) is 13.9 Å². The number of rotatable bonds is 5. The van der Waals surface area contributed by atoms with Crippen molar-refractivity contribution >= 4 is 23.2 Å². The van der Waals surface area contributed by atoms with Crippen LogP contribution >= 0.6 is 11.6 Å². The van der Waals surface area contributed by atoms with Crippen molar-refractivity contribution in [2.24, 2.45) is 0 Å². The third kappa shape index (κ3) is 3.38. The summed E-state index contributed by atoms with van der Waals surface area (Å²) in [7, 11) is 1.44. The van der Waals surface area contributed by atoms with Gasteiger partial charge in [-0.05, 0) is 24.6 Å². The van der Waals surface area contributed by atoms with Gasteiger partial charge in [0.2, 0.25) is 11.6 Å². The van der Waals surface area contributed by atoms with Crippen molar-refractivity contribution in [1.82, 2.24) is 24.7 Å². The number of methoxy groups -OCH3 is 1. The Morgan fingerprint density at radius 3 is 2.88 bits per heavy atom. The number of carbonyl (C=O) groups excluding carboxylic acids is 1. The fourth-order valence-electron chi connectivity index (χ4n) is 2.45. The number of nitrogens with zero attached hydrogens (tertiary/aromatic N) is 4. The first-order valence-electron chi connectivity index (χ1n) is 7.64. The van der Waals surface area contributed by atoms with Crippen molar-refractivity contribution in [3.63, 3.8) is 0 Å². The summed E-state index contributed by atoms with van der Waals surface area (Å²) in [5.74, 6) is -0.668. The molecule has 3 rings (SSSR count). The highest BCUT2D eigenvalue weighted by Crippen LogP contribution is 2.20. The van der Waals surface area contributed by atoms with Crippen molar-refractivity contribution < 1.29 is 13.9 Å². The van der Waals surface area contributed by atoms with Crippen molar-refractivity contribution in [1.29, 1.82) is 0 Å². The molecular formula is C16H15ClFN5O3. The van der Waals surface area contributed by atoms with Gasteiger partial charge in [0.25, 0.3) is 0 Å². The van der Waals surface area contributed by atoms with E-state index in [2.05, 4.69) is 15.5 Å². The molecule has 8 nitrogen and oxygen atoms in total. The second-order valence-electron chi connectivity index (χ2n) is 5.54. The van der Waals surface area contributed by atoms with Crippen LogP contribution in [0.2, 0.25) is 5.02 Å². The number of halogens is 2. The monoisotopic (exact) mass is 379 g/mol. The fraction of sp³-hybridized carbons (Fsp3) is 0.250. The van der Waals surface area contributed by atoms with Gasteiger partial charge in [0.05, 0.1) is 24.4 Å². The third-order valence-electron chi connectivity index (χ3n) is 3.78. The largest absolute Gasteiger partial charge is 0.493 e. The topological polar surface area (TPSA) is 90.5 Å². The van der Waals surface area contributed by atoms with E-state index in [1.807, 2.05) is 0 Å². The minimum atomic E-state index is -0.570. The van der Waals surface area contributed by atoms with Crippen molar-refractivity contribution in [3.05, 3.63) is 57.3 Å². The van der Waals surface area contributed by atoms with Gasteiger partial charge in [0.15, 0.2) is 5.75 Å². The van der Waals surface area contributed by atoms with Gasteiger partial charge in [-0.3, -0.25) is 4.79 Å². The molecule has 0 aliphatic carbocycles. The smallest absolute Gasteiger partial charge is 0.367 e. The molecule has 0 radical (unpaired) electrons. The number of carbonyl (C=O) groups is 1. The maximum Gasteiger partial charge on any atom is 0.367 e. The molecule has 0 aliphatic heterocycles. The molecule has 0 aliphatic rings. The Labute approximate surface area is 152 Å². The Balaban J connectivity index is 1.77. The van der Waals surface area contributed by atoms with Gasteiger partial charge in [-0.2, -0.15) is 9.61 Å². The van der Waals surface area contributed by atoms with E-state index in [9.17, 15) is 14.0 Å². The van der Waals surface area contributed by atoms with Crippen LogP contribution in [0.15, 0.2) is 35.3 Å². The second kappa shape index (κ2) is 7.12. The van der Waals surface area contributed by atoms with Crippen LogP contribution in [0.3, 0.4) is 0 Å². The van der Waals surface area contributed by atoms with Crippen LogP contribution < -0.4 is 15.7 Å². The van der Waals surface area contributed by atoms with Crippen molar-refractivity contribution in [2.75, 3.05) is 7.11 Å². The maximum atomic E-state index is 13.5. The summed E-state index contributed by atoms with van der Waals surface area (Å²) in [5, 5.41) is 10.7. The van der Waals surface area contributed by atoms with E-state index < -0.39 is 23.5 Å². The van der Waals surface area contributed by atoms with E-state index in [1.54, 1.807) is 19.1 Å². The van der Waals surface area contributed by atoms with E-state index in [-0.39, 0.29) is 17.2 Å². The van der Waals surface area contributed by atoms with Gasteiger partial charge in [0.1, 0.15) is 12.4 Å². The van der Waals surface area contributed by atoms with Crippen LogP contribution in [0.25, 0.3) is 5.65 Å². The quantitative estimate of drug-likeness (QED) is 0.726. The normalized spacial score (nSPS) is 12.2. The Morgan fingerprint density at radius 1 is 1.42 bits per heavy atom. The van der Waals surface area contributed by atoms with Crippen molar-refractivity contribution in [2.45, 2.75) is 19.5 Å². The molecule has 2 heterocycles. The third-order valence-corrected chi connectivity index (χ3v) is 4.09. The molecule has 0 fully saturated rings. The Bertz CT molecular complexity index is 1030. The standard InChI is InChI=1S/C16H15ClFN5O3/c1-9(10-3-4-11(17)12(18)7-10)20-14(24)8-22-16(25)23-15(21-22)13(26-2)5-6-19-23/h3-7,9H,8H2,1-2H3,(H,20,24)/t9-/m0/s1. The second-order valence-corrected chi connectivity index (χ2v) is 5.95. The van der Waals surface area contributed by atoms with Crippen LogP contribution in [-0.4, -0.2) is 32.4 Å². The number of amides is 1. The van der Waals surface area contributed by atoms with Crippen LogP contribution in [-0.2, 0) is 11.3 Å². The molecule has 0 saturated carbocycles. The Kier molecular flexibility index (Phi) is 4.90. The van der Waals surface area contributed by atoms with Crippen LogP contribution in [0, 0.1) is 5.82 Å². The average molecular weight is 380 g/mol. The summed E-state index contributed by atoms with van der Waals surface area (Å²) in [5.41, 5.74) is 0.186. The highest BCUT2D eigenvalue weighted by atomic mass is 35.5. The molecule has 0 saturated heterocycles. The summed E-state index contributed by atoms with van der Waals surface area (Å²) in [4.78, 5) is 24.5. The molecule has 10 heteroatoms. The Morgan fingerprint density at radius 2 is 2.19 bits per heavy atom. The number of hydrogen-bond acceptors (Lipinski definition) is 5. The lowest BCUT2D eigenvalue weighted by Crippen LogP contribution is -2.34. The number of ether oxygens (including phenoxy) is 1. The van der Waals surface area contributed by atoms with E-state index in [0.717, 1.165) is 9.20 Å². The fourth-order valence-corrected chi connectivity index (χ4v) is 2.57. The molecule has 0 bridgehead atoms. The van der Waals surface area contributed by atoms with Crippen molar-refractivity contribution in [3.8, 4) is 5.75 Å². The number of hydrogen-bond donors (Lipinski definition) is 1. The summed E-state index contributed by atoms with van der Waals surface area (Å²) >= 11 is 5.65. The van der Waals surface area contributed by atoms with Gasteiger partial charge in [0, 0.05) is 6.07 Å². The zero-order valence-corrected chi connectivity index (χ0v) is 14.7. The average Bonchev–Trinajstić information content (AvgIpc) is 2.93. The predicted molar refractivity (Wildman–Crippen MR) is 91.8 cm³/mol. The summed E-state index contributed by atoms with van der Waals surface area (Å²) in [6.07, 6.45) is 1.40. The molecule has 1 N–H and O–H groups in total. The first-order chi connectivity index (χ1) is 12.4. The number of nitrogens with one attached hydrogen (secondary N) is 1.